The van der Waals surface area contributed by atoms with Gasteiger partial charge in [0.1, 0.15) is 0 Å². The van der Waals surface area contributed by atoms with E-state index in [0.29, 0.717) is 0 Å². The summed E-state index contributed by atoms with van der Waals surface area (Å²) in [6, 6.07) is 18.8. The number of hydrogen-bond donors (Lipinski definition) is 0. The van der Waals surface area contributed by atoms with Crippen molar-refractivity contribution >= 4 is 25.5 Å². The maximum atomic E-state index is 2.43. The van der Waals surface area contributed by atoms with Crippen LogP contribution in [0.4, 0.5) is 0 Å². The van der Waals surface area contributed by atoms with Crippen LogP contribution in [0, 0.1) is 0 Å². The van der Waals surface area contributed by atoms with Crippen LogP contribution < -0.4 is 4.46 Å². The van der Waals surface area contributed by atoms with E-state index < -0.39 is 6.68 Å². The first-order valence-corrected chi connectivity index (χ1v) is 12.0. The molecule has 0 heterocycles. The van der Waals surface area contributed by atoms with E-state index in [1.165, 1.54) is 0 Å². The molecule has 0 saturated carbocycles. The van der Waals surface area contributed by atoms with Crippen LogP contribution in [0.5, 0.6) is 0 Å². The molecule has 0 nitrogen and oxygen atoms in total. The molecular formula is C13H18FeSeSi. The van der Waals surface area contributed by atoms with Crippen molar-refractivity contribution in [1.82, 2.24) is 0 Å². The van der Waals surface area contributed by atoms with Crippen molar-refractivity contribution in [3.8, 4) is 0 Å². The SMILES string of the molecule is C[Si](C)(C)[Se][c-]1cccc1.[Fe+2].c1cc[cH-]c1. The summed E-state index contributed by atoms with van der Waals surface area (Å²) in [4.78, 5) is 0. The van der Waals surface area contributed by atoms with Crippen LogP contribution in [0.2, 0.25) is 19.6 Å². The minimum absolute atomic E-state index is 0. The van der Waals surface area contributed by atoms with Gasteiger partial charge >= 0.3 is 86.4 Å². The summed E-state index contributed by atoms with van der Waals surface area (Å²) in [7, 11) is 0. The van der Waals surface area contributed by atoms with Crippen LogP contribution in [-0.4, -0.2) is 21.0 Å². The molecule has 2 rings (SSSR count). The summed E-state index contributed by atoms with van der Waals surface area (Å²) in [5, 5.41) is 0. The molecule has 0 saturated heterocycles. The van der Waals surface area contributed by atoms with E-state index in [1.54, 1.807) is 4.46 Å². The van der Waals surface area contributed by atoms with E-state index in [9.17, 15) is 0 Å². The van der Waals surface area contributed by atoms with Gasteiger partial charge in [-0.25, -0.2) is 12.1 Å². The van der Waals surface area contributed by atoms with Crippen molar-refractivity contribution in [2.24, 2.45) is 0 Å². The Morgan fingerprint density at radius 1 is 0.938 bits per heavy atom. The second-order valence-corrected chi connectivity index (χ2v) is 18.7. The molecule has 2 aromatic rings. The zero-order valence-electron chi connectivity index (χ0n) is 9.96. The summed E-state index contributed by atoms with van der Waals surface area (Å²) < 4.78 is 1.58. The monoisotopic (exact) mass is 338 g/mol. The Morgan fingerprint density at radius 3 is 1.75 bits per heavy atom. The Morgan fingerprint density at radius 2 is 1.44 bits per heavy atom. The Balaban J connectivity index is 0.000000318. The first-order valence-electron chi connectivity index (χ1n) is 5.15. The smallest absolute Gasteiger partial charge is 0.214 e. The Kier molecular flexibility index (Phi) is 8.08. The van der Waals surface area contributed by atoms with Gasteiger partial charge in [0.25, 0.3) is 0 Å². The van der Waals surface area contributed by atoms with Crippen molar-refractivity contribution in [3.63, 3.8) is 0 Å². The fourth-order valence-electron chi connectivity index (χ4n) is 1.10. The average molecular weight is 337 g/mol. The van der Waals surface area contributed by atoms with Gasteiger partial charge in [-0.05, 0) is 0 Å². The topological polar surface area (TPSA) is 0 Å². The molecule has 0 N–H and O–H groups in total. The molecule has 0 radical (unpaired) electrons. The fourth-order valence-corrected chi connectivity index (χ4v) is 7.58. The molecule has 0 fully saturated rings. The second-order valence-electron chi connectivity index (χ2n) is 4.30. The first kappa shape index (κ1) is 16.0. The van der Waals surface area contributed by atoms with Gasteiger partial charge < -0.3 is 0 Å². The van der Waals surface area contributed by atoms with Crippen LogP contribution >= 0.6 is 0 Å². The standard InChI is InChI=1S/C8H13SeSi.C5H5.Fe/c1-10(2,3)9-8-6-4-5-7-8;1-2-4-5-3-1;/h4-7H,1-3H3;1-5H;/q2*-1;+2. The van der Waals surface area contributed by atoms with Crippen molar-refractivity contribution in [2.75, 3.05) is 0 Å². The minimum Gasteiger partial charge on any atom is -0.214 e. The van der Waals surface area contributed by atoms with Gasteiger partial charge in [-0.15, -0.1) is 0 Å². The molecule has 0 aliphatic carbocycles. The molecule has 0 spiro atoms. The number of hydrogen-bond acceptors (Lipinski definition) is 0. The average Bonchev–Trinajstić information content (AvgIpc) is 2.71. The zero-order chi connectivity index (χ0) is 11.1. The van der Waals surface area contributed by atoms with Crippen LogP contribution in [0.1, 0.15) is 0 Å². The maximum Gasteiger partial charge on any atom is 2.00 e. The van der Waals surface area contributed by atoms with Gasteiger partial charge in [0.05, 0.1) is 0 Å². The van der Waals surface area contributed by atoms with E-state index in [4.69, 9.17) is 0 Å². The number of rotatable bonds is 2. The summed E-state index contributed by atoms with van der Waals surface area (Å²) in [5.41, 5.74) is 0. The van der Waals surface area contributed by atoms with Gasteiger partial charge in [0.2, 0.25) is 0 Å². The molecule has 0 aromatic heterocycles. The Labute approximate surface area is 116 Å². The van der Waals surface area contributed by atoms with Crippen molar-refractivity contribution in [3.05, 3.63) is 54.6 Å². The van der Waals surface area contributed by atoms with E-state index in [2.05, 4.69) is 43.9 Å². The summed E-state index contributed by atoms with van der Waals surface area (Å²) in [5.74, 6) is 0. The summed E-state index contributed by atoms with van der Waals surface area (Å²) in [6.07, 6.45) is 0. The van der Waals surface area contributed by atoms with Crippen LogP contribution in [0.3, 0.4) is 0 Å². The van der Waals surface area contributed by atoms with Crippen LogP contribution in [0.15, 0.2) is 54.6 Å². The van der Waals surface area contributed by atoms with Crippen molar-refractivity contribution in [1.29, 1.82) is 0 Å². The third-order valence-corrected chi connectivity index (χ3v) is 8.37. The molecule has 88 valence electrons. The third-order valence-electron chi connectivity index (χ3n) is 1.61. The van der Waals surface area contributed by atoms with Gasteiger partial charge in [-0.1, -0.05) is 0 Å². The first-order chi connectivity index (χ1) is 7.08. The van der Waals surface area contributed by atoms with Crippen LogP contribution in [0.25, 0.3) is 0 Å². The minimum atomic E-state index is -0.799. The van der Waals surface area contributed by atoms with E-state index in [1.807, 2.05) is 30.3 Å². The third kappa shape index (κ3) is 8.15. The summed E-state index contributed by atoms with van der Waals surface area (Å²) in [6.45, 7) is 6.49. The zero-order valence-corrected chi connectivity index (χ0v) is 13.8. The van der Waals surface area contributed by atoms with E-state index >= 15 is 0 Å². The molecule has 0 aliphatic heterocycles. The largest absolute Gasteiger partial charge is 2.00 e. The van der Waals surface area contributed by atoms with Crippen molar-refractivity contribution < 1.29 is 17.1 Å². The Hall–Kier alpha value is -0.0442. The molecule has 0 amide bonds. The van der Waals surface area contributed by atoms with Gasteiger partial charge in [-0.3, -0.25) is 0 Å². The van der Waals surface area contributed by atoms with E-state index in [-0.39, 0.29) is 17.1 Å². The predicted octanol–water partition coefficient (Wildman–Crippen LogP) is 2.97. The normalized spacial score (nSPS) is 9.94. The predicted molar refractivity (Wildman–Crippen MR) is 72.8 cm³/mol. The van der Waals surface area contributed by atoms with Crippen molar-refractivity contribution in [2.45, 2.75) is 19.6 Å². The molecule has 0 aliphatic rings. The molecule has 0 bridgehead atoms. The van der Waals surface area contributed by atoms with Gasteiger partial charge in [0, 0.05) is 0 Å². The molecule has 0 unspecified atom stereocenters. The molecule has 16 heavy (non-hydrogen) atoms. The maximum absolute atomic E-state index is 2.43. The Bertz CT molecular complexity index is 315. The van der Waals surface area contributed by atoms with E-state index in [0.717, 1.165) is 14.3 Å². The van der Waals surface area contributed by atoms with Gasteiger partial charge in [-0.2, -0.15) is 18.2 Å². The second kappa shape index (κ2) is 8.11. The summed E-state index contributed by atoms with van der Waals surface area (Å²) >= 11 is 0.774. The fraction of sp³-hybridized carbons (Fsp3) is 0.231. The van der Waals surface area contributed by atoms with Crippen LogP contribution in [-0.2, 0) is 17.1 Å². The quantitative estimate of drug-likeness (QED) is 0.584. The molecular weight excluding hydrogens is 319 g/mol. The molecule has 2 aromatic carbocycles. The van der Waals surface area contributed by atoms with Gasteiger partial charge in [0.15, 0.2) is 0 Å². The molecule has 0 atom stereocenters. The molecule has 3 heteroatoms.